The number of rotatable bonds is 7. The van der Waals surface area contributed by atoms with Crippen molar-refractivity contribution in [1.29, 1.82) is 0 Å². The number of anilines is 1. The SMILES string of the molecule is O=C([C@@H](Cc1ccccc1)NS(=O)(=O)c1ccc(Br)cc1)N1CCN(c2ccccc2F)CC1. The van der Waals surface area contributed by atoms with Crippen LogP contribution in [0.15, 0.2) is 88.2 Å². The minimum atomic E-state index is -3.92. The van der Waals surface area contributed by atoms with E-state index in [0.29, 0.717) is 31.9 Å². The lowest BCUT2D eigenvalue weighted by molar-refractivity contribution is -0.133. The van der Waals surface area contributed by atoms with Gasteiger partial charge in [-0.05, 0) is 48.4 Å². The van der Waals surface area contributed by atoms with E-state index in [0.717, 1.165) is 10.0 Å². The highest BCUT2D eigenvalue weighted by Crippen LogP contribution is 2.21. The Morgan fingerprint density at radius 3 is 2.18 bits per heavy atom. The van der Waals surface area contributed by atoms with Gasteiger partial charge in [0.05, 0.1) is 10.6 Å². The molecule has 9 heteroatoms. The summed E-state index contributed by atoms with van der Waals surface area (Å²) in [5, 5.41) is 0. The Morgan fingerprint density at radius 1 is 0.912 bits per heavy atom. The third-order valence-corrected chi connectivity index (χ3v) is 7.80. The van der Waals surface area contributed by atoms with Crippen LogP contribution in [0, 0.1) is 5.82 Å². The molecule has 0 aromatic heterocycles. The predicted octanol–water partition coefficient (Wildman–Crippen LogP) is 3.83. The molecule has 4 rings (SSSR count). The van der Waals surface area contributed by atoms with Crippen LogP contribution < -0.4 is 9.62 Å². The van der Waals surface area contributed by atoms with Gasteiger partial charge in [-0.2, -0.15) is 4.72 Å². The topological polar surface area (TPSA) is 69.7 Å². The van der Waals surface area contributed by atoms with E-state index in [2.05, 4.69) is 20.7 Å². The van der Waals surface area contributed by atoms with Crippen molar-refractivity contribution >= 4 is 37.5 Å². The number of piperazine rings is 1. The number of carbonyl (C=O) groups excluding carboxylic acids is 1. The molecule has 0 radical (unpaired) electrons. The van der Waals surface area contributed by atoms with Crippen molar-refractivity contribution < 1.29 is 17.6 Å². The number of sulfonamides is 1. The van der Waals surface area contributed by atoms with Gasteiger partial charge in [0, 0.05) is 30.7 Å². The fourth-order valence-electron chi connectivity index (χ4n) is 3.99. The van der Waals surface area contributed by atoms with Gasteiger partial charge in [0.15, 0.2) is 0 Å². The van der Waals surface area contributed by atoms with Crippen LogP contribution in [0.1, 0.15) is 5.56 Å². The molecule has 1 heterocycles. The minimum absolute atomic E-state index is 0.0888. The van der Waals surface area contributed by atoms with Crippen molar-refractivity contribution in [3.8, 4) is 0 Å². The molecule has 1 fully saturated rings. The first-order valence-electron chi connectivity index (χ1n) is 10.9. The summed E-state index contributed by atoms with van der Waals surface area (Å²) in [6.45, 7) is 1.67. The number of benzene rings is 3. The summed E-state index contributed by atoms with van der Waals surface area (Å²) in [4.78, 5) is 17.1. The zero-order valence-corrected chi connectivity index (χ0v) is 20.8. The van der Waals surface area contributed by atoms with Crippen LogP contribution in [0.3, 0.4) is 0 Å². The minimum Gasteiger partial charge on any atom is -0.366 e. The average Bonchev–Trinajstić information content (AvgIpc) is 2.84. The third kappa shape index (κ3) is 5.84. The molecule has 0 saturated carbocycles. The Balaban J connectivity index is 1.51. The zero-order chi connectivity index (χ0) is 24.1. The van der Waals surface area contributed by atoms with Gasteiger partial charge in [-0.3, -0.25) is 4.79 Å². The highest BCUT2D eigenvalue weighted by atomic mass is 79.9. The summed E-state index contributed by atoms with van der Waals surface area (Å²) in [5.74, 6) is -0.593. The second-order valence-corrected chi connectivity index (χ2v) is 10.7. The summed E-state index contributed by atoms with van der Waals surface area (Å²) in [6.07, 6.45) is 0.225. The molecule has 1 aliphatic rings. The number of carbonyl (C=O) groups is 1. The standard InChI is InChI=1S/C25H25BrFN3O3S/c26-20-10-12-21(13-11-20)34(32,33)28-23(18-19-6-2-1-3-7-19)25(31)30-16-14-29(15-17-30)24-9-5-4-8-22(24)27/h1-13,23,28H,14-18H2/t23-/m1/s1. The number of halogens is 2. The summed E-state index contributed by atoms with van der Waals surface area (Å²) in [5.41, 5.74) is 1.36. The molecule has 1 N–H and O–H groups in total. The quantitative estimate of drug-likeness (QED) is 0.490. The number of hydrogen-bond donors (Lipinski definition) is 1. The summed E-state index contributed by atoms with van der Waals surface area (Å²) in [7, 11) is -3.92. The normalized spacial score (nSPS) is 15.2. The molecule has 1 amide bonds. The zero-order valence-electron chi connectivity index (χ0n) is 18.4. The van der Waals surface area contributed by atoms with Crippen LogP contribution in [0.4, 0.5) is 10.1 Å². The number of para-hydroxylation sites is 1. The molecule has 3 aromatic rings. The molecule has 34 heavy (non-hydrogen) atoms. The molecule has 0 spiro atoms. The molecule has 0 aliphatic carbocycles. The van der Waals surface area contributed by atoms with Crippen LogP contribution in [0.5, 0.6) is 0 Å². The largest absolute Gasteiger partial charge is 0.366 e. The molecular weight excluding hydrogens is 521 g/mol. The molecule has 1 atom stereocenters. The number of nitrogens with one attached hydrogen (secondary N) is 1. The fraction of sp³-hybridized carbons (Fsp3) is 0.240. The third-order valence-electron chi connectivity index (χ3n) is 5.79. The second kappa shape index (κ2) is 10.7. The van der Waals surface area contributed by atoms with E-state index in [1.54, 1.807) is 35.2 Å². The van der Waals surface area contributed by atoms with Gasteiger partial charge in [-0.15, -0.1) is 0 Å². The maximum Gasteiger partial charge on any atom is 0.241 e. The lowest BCUT2D eigenvalue weighted by Gasteiger charge is -2.37. The fourth-order valence-corrected chi connectivity index (χ4v) is 5.45. The van der Waals surface area contributed by atoms with Crippen molar-refractivity contribution in [3.05, 3.63) is 94.7 Å². The Labute approximate surface area is 207 Å². The van der Waals surface area contributed by atoms with Gasteiger partial charge in [0.25, 0.3) is 0 Å². The average molecular weight is 546 g/mol. The molecule has 1 saturated heterocycles. The predicted molar refractivity (Wildman–Crippen MR) is 134 cm³/mol. The maximum absolute atomic E-state index is 14.2. The highest BCUT2D eigenvalue weighted by molar-refractivity contribution is 9.10. The smallest absolute Gasteiger partial charge is 0.241 e. The summed E-state index contributed by atoms with van der Waals surface area (Å²) < 4.78 is 43.7. The maximum atomic E-state index is 14.2. The molecule has 3 aromatic carbocycles. The van der Waals surface area contributed by atoms with E-state index in [9.17, 15) is 17.6 Å². The Hall–Kier alpha value is -2.75. The number of nitrogens with zero attached hydrogens (tertiary/aromatic N) is 2. The summed E-state index contributed by atoms with van der Waals surface area (Å²) >= 11 is 3.31. The van der Waals surface area contributed by atoms with Crippen LogP contribution in [-0.4, -0.2) is 51.4 Å². The Bertz CT molecular complexity index is 1230. The van der Waals surface area contributed by atoms with Crippen molar-refractivity contribution in [3.63, 3.8) is 0 Å². The van der Waals surface area contributed by atoms with Crippen molar-refractivity contribution in [2.24, 2.45) is 0 Å². The lowest BCUT2D eigenvalue weighted by Crippen LogP contribution is -2.55. The van der Waals surface area contributed by atoms with Crippen LogP contribution in [0.2, 0.25) is 0 Å². The van der Waals surface area contributed by atoms with E-state index in [-0.39, 0.29) is 23.0 Å². The van der Waals surface area contributed by atoms with Gasteiger partial charge in [-0.1, -0.05) is 58.4 Å². The van der Waals surface area contributed by atoms with Crippen LogP contribution >= 0.6 is 15.9 Å². The highest BCUT2D eigenvalue weighted by Gasteiger charge is 2.31. The first-order chi connectivity index (χ1) is 16.3. The molecule has 0 unspecified atom stereocenters. The van der Waals surface area contributed by atoms with Crippen molar-refractivity contribution in [2.45, 2.75) is 17.4 Å². The van der Waals surface area contributed by atoms with Crippen molar-refractivity contribution in [2.75, 3.05) is 31.1 Å². The first kappa shape index (κ1) is 24.4. The molecule has 6 nitrogen and oxygen atoms in total. The van der Waals surface area contributed by atoms with Crippen LogP contribution in [-0.2, 0) is 21.2 Å². The second-order valence-electron chi connectivity index (χ2n) is 8.08. The van der Waals surface area contributed by atoms with E-state index >= 15 is 0 Å². The van der Waals surface area contributed by atoms with E-state index < -0.39 is 16.1 Å². The number of hydrogen-bond acceptors (Lipinski definition) is 4. The van der Waals surface area contributed by atoms with Gasteiger partial charge in [-0.25, -0.2) is 12.8 Å². The van der Waals surface area contributed by atoms with E-state index in [1.165, 1.54) is 18.2 Å². The Morgan fingerprint density at radius 2 is 1.53 bits per heavy atom. The first-order valence-corrected chi connectivity index (χ1v) is 13.2. The molecule has 0 bridgehead atoms. The lowest BCUT2D eigenvalue weighted by atomic mass is 10.1. The molecular formula is C25H25BrFN3O3S. The van der Waals surface area contributed by atoms with Crippen molar-refractivity contribution in [1.82, 2.24) is 9.62 Å². The van der Waals surface area contributed by atoms with Gasteiger partial charge >= 0.3 is 0 Å². The molecule has 1 aliphatic heterocycles. The van der Waals surface area contributed by atoms with Gasteiger partial charge in [0.1, 0.15) is 11.9 Å². The Kier molecular flexibility index (Phi) is 7.65. The number of amides is 1. The molecule has 178 valence electrons. The van der Waals surface area contributed by atoms with E-state index in [1.807, 2.05) is 35.2 Å². The van der Waals surface area contributed by atoms with Crippen LogP contribution in [0.25, 0.3) is 0 Å². The van der Waals surface area contributed by atoms with Gasteiger partial charge in [0.2, 0.25) is 15.9 Å². The monoisotopic (exact) mass is 545 g/mol. The van der Waals surface area contributed by atoms with Gasteiger partial charge < -0.3 is 9.80 Å². The summed E-state index contributed by atoms with van der Waals surface area (Å²) in [6, 6.07) is 21.2. The van der Waals surface area contributed by atoms with E-state index in [4.69, 9.17) is 0 Å².